The van der Waals surface area contributed by atoms with Gasteiger partial charge in [-0.1, -0.05) is 48.0 Å². The number of hydrogen-bond acceptors (Lipinski definition) is 2. The van der Waals surface area contributed by atoms with Gasteiger partial charge in [0.15, 0.2) is 5.11 Å². The number of fused-ring (bicyclic) bond motifs is 1. The van der Waals surface area contributed by atoms with Gasteiger partial charge in [-0.2, -0.15) is 0 Å². The Morgan fingerprint density at radius 2 is 1.84 bits per heavy atom. The number of benzene rings is 2. The molecule has 0 spiro atoms. The van der Waals surface area contributed by atoms with Crippen LogP contribution in [0.25, 0.3) is 17.0 Å². The molecule has 0 radical (unpaired) electrons. The minimum atomic E-state index is -0.215. The minimum Gasteiger partial charge on any atom is -0.342 e. The first-order valence-electron chi connectivity index (χ1n) is 7.77. The van der Waals surface area contributed by atoms with E-state index in [0.29, 0.717) is 17.4 Å². The maximum absolute atomic E-state index is 11.9. The molecule has 1 amide bonds. The summed E-state index contributed by atoms with van der Waals surface area (Å²) in [5.41, 5.74) is 3.52. The van der Waals surface area contributed by atoms with Gasteiger partial charge in [0.1, 0.15) is 5.70 Å². The van der Waals surface area contributed by atoms with Crippen molar-refractivity contribution in [2.45, 2.75) is 6.54 Å². The third-order valence-corrected chi connectivity index (χ3v) is 4.71. The van der Waals surface area contributed by atoms with E-state index in [-0.39, 0.29) is 5.91 Å². The van der Waals surface area contributed by atoms with Gasteiger partial charge in [-0.3, -0.25) is 10.1 Å². The fraction of sp³-hybridized carbons (Fsp3) is 0.0526. The maximum Gasteiger partial charge on any atom is 0.273 e. The molecule has 3 aromatic rings. The van der Waals surface area contributed by atoms with Gasteiger partial charge in [-0.05, 0) is 36.0 Å². The van der Waals surface area contributed by atoms with Crippen LogP contribution >= 0.6 is 23.8 Å². The highest BCUT2D eigenvalue weighted by Crippen LogP contribution is 2.26. The summed E-state index contributed by atoms with van der Waals surface area (Å²) in [7, 11) is 0. The number of halogens is 1. The van der Waals surface area contributed by atoms with Crippen LogP contribution in [0.1, 0.15) is 11.1 Å². The predicted molar refractivity (Wildman–Crippen MR) is 104 cm³/mol. The standard InChI is InChI=1S/C19H14ClN3OS/c20-15-7-3-1-5-12(15)10-23-11-13(14-6-2-4-8-17(14)23)9-16-18(24)22-19(25)21-16/h1-9,11H,10H2,(H2,21,22,24,25)/b16-9+. The number of rotatable bonds is 3. The molecule has 6 heteroatoms. The van der Waals surface area contributed by atoms with Gasteiger partial charge in [0, 0.05) is 34.2 Å². The minimum absolute atomic E-state index is 0.215. The molecule has 1 aliphatic rings. The molecule has 4 rings (SSSR count). The molecule has 0 aliphatic carbocycles. The summed E-state index contributed by atoms with van der Waals surface area (Å²) in [5.74, 6) is -0.215. The number of amides is 1. The van der Waals surface area contributed by atoms with E-state index >= 15 is 0 Å². The largest absolute Gasteiger partial charge is 0.342 e. The van der Waals surface area contributed by atoms with Crippen LogP contribution in [0.5, 0.6) is 0 Å². The molecule has 25 heavy (non-hydrogen) atoms. The van der Waals surface area contributed by atoms with Gasteiger partial charge in [-0.25, -0.2) is 0 Å². The van der Waals surface area contributed by atoms with Crippen LogP contribution in [0.2, 0.25) is 5.02 Å². The van der Waals surface area contributed by atoms with Crippen LogP contribution in [0.3, 0.4) is 0 Å². The summed E-state index contributed by atoms with van der Waals surface area (Å²) < 4.78 is 2.13. The van der Waals surface area contributed by atoms with Crippen molar-refractivity contribution in [3.8, 4) is 0 Å². The molecule has 2 N–H and O–H groups in total. The van der Waals surface area contributed by atoms with Crippen molar-refractivity contribution in [2.75, 3.05) is 0 Å². The molecule has 0 atom stereocenters. The highest BCUT2D eigenvalue weighted by Gasteiger charge is 2.20. The topological polar surface area (TPSA) is 46.1 Å². The van der Waals surface area contributed by atoms with Gasteiger partial charge in [-0.15, -0.1) is 0 Å². The lowest BCUT2D eigenvalue weighted by Gasteiger charge is -2.07. The average molecular weight is 368 g/mol. The van der Waals surface area contributed by atoms with Gasteiger partial charge >= 0.3 is 0 Å². The number of carbonyl (C=O) groups is 1. The normalized spacial score (nSPS) is 15.6. The Morgan fingerprint density at radius 1 is 1.08 bits per heavy atom. The van der Waals surface area contributed by atoms with Crippen molar-refractivity contribution in [3.05, 3.63) is 76.6 Å². The van der Waals surface area contributed by atoms with Gasteiger partial charge in [0.05, 0.1) is 0 Å². The van der Waals surface area contributed by atoms with E-state index in [1.165, 1.54) is 0 Å². The molecule has 1 saturated heterocycles. The van der Waals surface area contributed by atoms with Gasteiger partial charge < -0.3 is 9.88 Å². The zero-order chi connectivity index (χ0) is 17.4. The van der Waals surface area contributed by atoms with Crippen LogP contribution in [-0.4, -0.2) is 15.6 Å². The van der Waals surface area contributed by atoms with Crippen molar-refractivity contribution >= 4 is 51.8 Å². The number of thiocarbonyl (C=S) groups is 1. The van der Waals surface area contributed by atoms with Crippen LogP contribution in [0.4, 0.5) is 0 Å². The van der Waals surface area contributed by atoms with E-state index < -0.39 is 0 Å². The molecule has 2 aromatic carbocycles. The zero-order valence-electron chi connectivity index (χ0n) is 13.1. The summed E-state index contributed by atoms with van der Waals surface area (Å²) in [5, 5.41) is 7.60. The second-order valence-electron chi connectivity index (χ2n) is 5.79. The molecule has 4 nitrogen and oxygen atoms in total. The van der Waals surface area contributed by atoms with E-state index in [4.69, 9.17) is 23.8 Å². The number of carbonyl (C=O) groups excluding carboxylic acids is 1. The third-order valence-electron chi connectivity index (χ3n) is 4.14. The van der Waals surface area contributed by atoms with E-state index in [1.807, 2.05) is 54.7 Å². The molecule has 124 valence electrons. The number of nitrogens with zero attached hydrogens (tertiary/aromatic N) is 1. The Balaban J connectivity index is 1.79. The van der Waals surface area contributed by atoms with Crippen molar-refractivity contribution in [2.24, 2.45) is 0 Å². The second-order valence-corrected chi connectivity index (χ2v) is 6.60. The lowest BCUT2D eigenvalue weighted by atomic mass is 10.1. The van der Waals surface area contributed by atoms with E-state index in [1.54, 1.807) is 0 Å². The Bertz CT molecular complexity index is 1040. The molecule has 1 aliphatic heterocycles. The molecule has 0 saturated carbocycles. The van der Waals surface area contributed by atoms with Crippen LogP contribution in [0.15, 0.2) is 60.4 Å². The summed E-state index contributed by atoms with van der Waals surface area (Å²) in [4.78, 5) is 11.9. The Hall–Kier alpha value is -2.63. The summed E-state index contributed by atoms with van der Waals surface area (Å²) >= 11 is 11.3. The first-order valence-corrected chi connectivity index (χ1v) is 8.56. The lowest BCUT2D eigenvalue weighted by Crippen LogP contribution is -2.21. The lowest BCUT2D eigenvalue weighted by molar-refractivity contribution is -0.115. The Morgan fingerprint density at radius 3 is 2.60 bits per heavy atom. The molecule has 0 bridgehead atoms. The number of nitrogens with one attached hydrogen (secondary N) is 2. The molecule has 0 unspecified atom stereocenters. The molecule has 1 aromatic heterocycles. The number of hydrogen-bond donors (Lipinski definition) is 2. The number of aromatic nitrogens is 1. The monoisotopic (exact) mass is 367 g/mol. The Labute approximate surface area is 155 Å². The maximum atomic E-state index is 11.9. The SMILES string of the molecule is O=C1NC(=S)N/C1=C/c1cn(Cc2ccccc2Cl)c2ccccc12. The summed E-state index contributed by atoms with van der Waals surface area (Å²) in [6.07, 6.45) is 3.84. The predicted octanol–water partition coefficient (Wildman–Crippen LogP) is 3.69. The van der Waals surface area contributed by atoms with Crippen molar-refractivity contribution in [1.82, 2.24) is 15.2 Å². The Kier molecular flexibility index (Phi) is 4.03. The first-order chi connectivity index (χ1) is 12.1. The van der Waals surface area contributed by atoms with Crippen molar-refractivity contribution in [3.63, 3.8) is 0 Å². The third kappa shape index (κ3) is 3.04. The van der Waals surface area contributed by atoms with Crippen molar-refractivity contribution < 1.29 is 4.79 Å². The summed E-state index contributed by atoms with van der Waals surface area (Å²) in [6, 6.07) is 15.9. The zero-order valence-corrected chi connectivity index (χ0v) is 14.7. The van der Waals surface area contributed by atoms with E-state index in [9.17, 15) is 4.79 Å². The fourth-order valence-electron chi connectivity index (χ4n) is 2.97. The second kappa shape index (κ2) is 6.35. The molecular weight excluding hydrogens is 354 g/mol. The smallest absolute Gasteiger partial charge is 0.273 e. The molecular formula is C19H14ClN3OS. The summed E-state index contributed by atoms with van der Waals surface area (Å²) in [6.45, 7) is 0.654. The van der Waals surface area contributed by atoms with Gasteiger partial charge in [0.25, 0.3) is 5.91 Å². The highest BCUT2D eigenvalue weighted by atomic mass is 35.5. The van der Waals surface area contributed by atoms with E-state index in [2.05, 4.69) is 21.3 Å². The van der Waals surface area contributed by atoms with Crippen LogP contribution < -0.4 is 10.6 Å². The average Bonchev–Trinajstić information content (AvgIpc) is 3.10. The van der Waals surface area contributed by atoms with Crippen LogP contribution in [-0.2, 0) is 11.3 Å². The molecule has 1 fully saturated rings. The van der Waals surface area contributed by atoms with Crippen molar-refractivity contribution in [1.29, 1.82) is 0 Å². The quantitative estimate of drug-likeness (QED) is 0.548. The fourth-order valence-corrected chi connectivity index (χ4v) is 3.37. The van der Waals surface area contributed by atoms with E-state index in [0.717, 1.165) is 27.1 Å². The first kappa shape index (κ1) is 15.9. The van der Waals surface area contributed by atoms with Crippen LogP contribution in [0, 0.1) is 0 Å². The highest BCUT2D eigenvalue weighted by molar-refractivity contribution is 7.80. The van der Waals surface area contributed by atoms with Gasteiger partial charge in [0.2, 0.25) is 0 Å². The number of para-hydroxylation sites is 1. The molecule has 2 heterocycles.